The van der Waals surface area contributed by atoms with Crippen LogP contribution in [-0.2, 0) is 16.1 Å². The van der Waals surface area contributed by atoms with Crippen molar-refractivity contribution in [3.63, 3.8) is 0 Å². The lowest BCUT2D eigenvalue weighted by Gasteiger charge is -2.31. The fourth-order valence-electron chi connectivity index (χ4n) is 3.77. The minimum atomic E-state index is -0.554. The zero-order valence-electron chi connectivity index (χ0n) is 19.6. The molecule has 0 aliphatic carbocycles. The monoisotopic (exact) mass is 581 g/mol. The molecule has 0 saturated heterocycles. The second-order valence-electron chi connectivity index (χ2n) is 8.46. The van der Waals surface area contributed by atoms with Crippen molar-refractivity contribution in [1.29, 1.82) is 0 Å². The van der Waals surface area contributed by atoms with Crippen LogP contribution in [0.2, 0.25) is 15.1 Å². The minimum Gasteiger partial charge on any atom is -0.365 e. The first-order chi connectivity index (χ1) is 17.8. The van der Waals surface area contributed by atoms with Crippen LogP contribution in [0.4, 0.5) is 10.1 Å². The molecule has 0 bridgehead atoms. The molecule has 1 N–H and O–H groups in total. The van der Waals surface area contributed by atoms with Crippen LogP contribution in [0.15, 0.2) is 79.1 Å². The second kappa shape index (κ2) is 12.9. The molecule has 4 rings (SSSR count). The number of ether oxygens (including phenoxy) is 1. The third-order valence-corrected chi connectivity index (χ3v) is 7.09. The van der Waals surface area contributed by atoms with Crippen molar-refractivity contribution < 1.29 is 13.9 Å². The average Bonchev–Trinajstić information content (AvgIpc) is 3.35. The van der Waals surface area contributed by atoms with Crippen molar-refractivity contribution in [2.45, 2.75) is 24.6 Å². The molecule has 0 saturated carbocycles. The number of carbonyl (C=O) groups is 1. The van der Waals surface area contributed by atoms with Crippen molar-refractivity contribution in [2.75, 3.05) is 18.5 Å². The third-order valence-electron chi connectivity index (χ3n) is 5.77. The Balaban J connectivity index is 1.36. The molecule has 0 radical (unpaired) electrons. The SMILES string of the molecule is O=C(CCN1C=CN(C(Cl)C(OCc2ccc(Cl)cc2Cl)c2ccc(Cl)cc2)C1)Nc1ccc(F)cc1. The van der Waals surface area contributed by atoms with Gasteiger partial charge in [-0.15, -0.1) is 0 Å². The molecular weight excluding hydrogens is 559 g/mol. The van der Waals surface area contributed by atoms with Gasteiger partial charge in [0.25, 0.3) is 0 Å². The summed E-state index contributed by atoms with van der Waals surface area (Å²) in [5, 5.41) is 4.44. The van der Waals surface area contributed by atoms with Crippen LogP contribution in [0.25, 0.3) is 0 Å². The van der Waals surface area contributed by atoms with Gasteiger partial charge < -0.3 is 19.9 Å². The molecule has 2 atom stereocenters. The van der Waals surface area contributed by atoms with E-state index in [-0.39, 0.29) is 24.8 Å². The van der Waals surface area contributed by atoms with Crippen LogP contribution in [0, 0.1) is 5.82 Å². The van der Waals surface area contributed by atoms with Crippen LogP contribution in [-0.4, -0.2) is 34.4 Å². The quantitative estimate of drug-likeness (QED) is 0.197. The van der Waals surface area contributed by atoms with Gasteiger partial charge in [-0.05, 0) is 59.7 Å². The van der Waals surface area contributed by atoms with E-state index in [0.717, 1.165) is 11.1 Å². The molecule has 1 aliphatic heterocycles. The van der Waals surface area contributed by atoms with Gasteiger partial charge in [-0.3, -0.25) is 4.79 Å². The average molecular weight is 583 g/mol. The number of carbonyl (C=O) groups excluding carboxylic acids is 1. The van der Waals surface area contributed by atoms with Crippen molar-refractivity contribution in [3.8, 4) is 0 Å². The molecule has 10 heteroatoms. The van der Waals surface area contributed by atoms with E-state index in [1.807, 2.05) is 40.4 Å². The highest BCUT2D eigenvalue weighted by atomic mass is 35.5. The zero-order valence-corrected chi connectivity index (χ0v) is 22.6. The number of benzene rings is 3. The summed E-state index contributed by atoms with van der Waals surface area (Å²) in [5.74, 6) is -0.517. The number of hydrogen-bond donors (Lipinski definition) is 1. The van der Waals surface area contributed by atoms with Gasteiger partial charge in [0.05, 0.1) is 13.3 Å². The van der Waals surface area contributed by atoms with Crippen molar-refractivity contribution >= 4 is 58.0 Å². The van der Waals surface area contributed by atoms with Gasteiger partial charge in [0.1, 0.15) is 17.4 Å². The van der Waals surface area contributed by atoms with Crippen molar-refractivity contribution in [1.82, 2.24) is 9.80 Å². The molecule has 1 amide bonds. The van der Waals surface area contributed by atoms with E-state index in [4.69, 9.17) is 51.1 Å². The number of nitrogens with zero attached hydrogens (tertiary/aromatic N) is 2. The lowest BCUT2D eigenvalue weighted by molar-refractivity contribution is -0.116. The third kappa shape index (κ3) is 7.76. The van der Waals surface area contributed by atoms with Crippen LogP contribution in [0.3, 0.4) is 0 Å². The number of amides is 1. The molecule has 1 aliphatic rings. The van der Waals surface area contributed by atoms with E-state index in [9.17, 15) is 9.18 Å². The maximum atomic E-state index is 13.1. The van der Waals surface area contributed by atoms with Crippen LogP contribution in [0.1, 0.15) is 23.7 Å². The molecule has 0 spiro atoms. The number of rotatable bonds is 10. The van der Waals surface area contributed by atoms with Gasteiger partial charge in [-0.25, -0.2) is 4.39 Å². The standard InChI is InChI=1S/C27H24Cl4FN3O2/c28-20-4-1-18(2-5-20)26(37-16-19-3-6-21(29)15-24(19)30)27(31)35-14-13-34(17-35)12-11-25(36)33-23-9-7-22(32)8-10-23/h1-10,13-15,26-27H,11-12,16-17H2,(H,33,36). The minimum absolute atomic E-state index is 0.164. The largest absolute Gasteiger partial charge is 0.365 e. The highest BCUT2D eigenvalue weighted by Crippen LogP contribution is 2.33. The summed E-state index contributed by atoms with van der Waals surface area (Å²) in [6.07, 6.45) is 3.51. The Bertz CT molecular complexity index is 1240. The molecule has 3 aromatic rings. The van der Waals surface area contributed by atoms with Gasteiger partial charge in [-0.1, -0.05) is 64.6 Å². The summed E-state index contributed by atoms with van der Waals surface area (Å²) in [6, 6.07) is 18.2. The molecule has 194 valence electrons. The molecule has 0 fully saturated rings. The maximum absolute atomic E-state index is 13.1. The first-order valence-electron chi connectivity index (χ1n) is 11.5. The highest BCUT2D eigenvalue weighted by molar-refractivity contribution is 6.35. The van der Waals surface area contributed by atoms with Crippen LogP contribution in [0.5, 0.6) is 0 Å². The number of anilines is 1. The lowest BCUT2D eigenvalue weighted by atomic mass is 10.1. The highest BCUT2D eigenvalue weighted by Gasteiger charge is 2.29. The van der Waals surface area contributed by atoms with E-state index >= 15 is 0 Å². The van der Waals surface area contributed by atoms with E-state index in [1.54, 1.807) is 24.3 Å². The summed E-state index contributed by atoms with van der Waals surface area (Å²) in [4.78, 5) is 16.2. The van der Waals surface area contributed by atoms with Crippen molar-refractivity contribution in [3.05, 3.63) is 111 Å². The Morgan fingerprint density at radius 2 is 1.68 bits per heavy atom. The summed E-state index contributed by atoms with van der Waals surface area (Å²) in [5.41, 5.74) is 1.65. The smallest absolute Gasteiger partial charge is 0.226 e. The first kappa shape index (κ1) is 27.6. The van der Waals surface area contributed by atoms with Crippen molar-refractivity contribution in [2.24, 2.45) is 0 Å². The predicted octanol–water partition coefficient (Wildman–Crippen LogP) is 7.68. The van der Waals surface area contributed by atoms with Gasteiger partial charge in [0.15, 0.2) is 0 Å². The molecule has 0 aromatic heterocycles. The van der Waals surface area contributed by atoms with Gasteiger partial charge in [0.2, 0.25) is 5.91 Å². The second-order valence-corrected chi connectivity index (χ2v) is 10.2. The molecule has 2 unspecified atom stereocenters. The number of alkyl halides is 1. The Hall–Kier alpha value is -2.48. The van der Waals surface area contributed by atoms with Gasteiger partial charge in [0, 0.05) is 46.1 Å². The van der Waals surface area contributed by atoms with E-state index < -0.39 is 11.6 Å². The Kier molecular flexibility index (Phi) is 9.57. The van der Waals surface area contributed by atoms with Gasteiger partial charge in [-0.2, -0.15) is 0 Å². The molecule has 3 aromatic carbocycles. The fraction of sp³-hybridized carbons (Fsp3) is 0.222. The Labute approximate surface area is 235 Å². The van der Waals surface area contributed by atoms with E-state index in [0.29, 0.717) is 34.0 Å². The summed E-state index contributed by atoms with van der Waals surface area (Å²) >= 11 is 25.4. The zero-order chi connectivity index (χ0) is 26.4. The predicted molar refractivity (Wildman–Crippen MR) is 147 cm³/mol. The summed E-state index contributed by atoms with van der Waals surface area (Å²) in [6.45, 7) is 1.20. The Morgan fingerprint density at radius 1 is 0.973 bits per heavy atom. The topological polar surface area (TPSA) is 44.8 Å². The first-order valence-corrected chi connectivity index (χ1v) is 13.0. The van der Waals surface area contributed by atoms with Crippen LogP contribution < -0.4 is 5.32 Å². The van der Waals surface area contributed by atoms with Gasteiger partial charge >= 0.3 is 0 Å². The normalized spacial score (nSPS) is 14.6. The number of nitrogens with one attached hydrogen (secondary N) is 1. The number of halogens is 5. The Morgan fingerprint density at radius 3 is 2.38 bits per heavy atom. The molecular formula is C27H24Cl4FN3O2. The summed E-state index contributed by atoms with van der Waals surface area (Å²) in [7, 11) is 0. The molecule has 1 heterocycles. The summed E-state index contributed by atoms with van der Waals surface area (Å²) < 4.78 is 19.3. The van der Waals surface area contributed by atoms with E-state index in [2.05, 4.69) is 5.32 Å². The molecule has 5 nitrogen and oxygen atoms in total. The van der Waals surface area contributed by atoms with E-state index in [1.165, 1.54) is 24.3 Å². The molecule has 37 heavy (non-hydrogen) atoms. The van der Waals surface area contributed by atoms with Crippen LogP contribution >= 0.6 is 46.4 Å². The number of hydrogen-bond acceptors (Lipinski definition) is 4. The lowest BCUT2D eigenvalue weighted by Crippen LogP contribution is -2.36. The maximum Gasteiger partial charge on any atom is 0.226 e. The fourth-order valence-corrected chi connectivity index (χ4v) is 4.70.